The first-order valence-electron chi connectivity index (χ1n) is 5.12. The van der Waals surface area contributed by atoms with E-state index in [1.165, 1.54) is 17.8 Å². The van der Waals surface area contributed by atoms with Crippen molar-refractivity contribution in [2.45, 2.75) is 31.0 Å². The van der Waals surface area contributed by atoms with E-state index in [1.54, 1.807) is 0 Å². The van der Waals surface area contributed by atoms with Gasteiger partial charge in [0.05, 0.1) is 6.10 Å². The summed E-state index contributed by atoms with van der Waals surface area (Å²) in [6.07, 6.45) is 1.34. The van der Waals surface area contributed by atoms with Gasteiger partial charge in [0, 0.05) is 22.8 Å². The topological polar surface area (TPSA) is 66.0 Å². The van der Waals surface area contributed by atoms with Crippen LogP contribution in [0.25, 0.3) is 0 Å². The molecule has 0 aliphatic heterocycles. The van der Waals surface area contributed by atoms with Gasteiger partial charge in [-0.05, 0) is 6.42 Å². The average Bonchev–Trinajstić information content (AvgIpc) is 2.25. The molecule has 1 unspecified atom stereocenters. The highest BCUT2D eigenvalue weighted by Gasteiger charge is 2.06. The Morgan fingerprint density at radius 1 is 1.69 bits per heavy atom. The molecular weight excluding hydrogens is 292 g/mol. The van der Waals surface area contributed by atoms with E-state index in [2.05, 4.69) is 25.9 Å². The van der Waals surface area contributed by atoms with Crippen LogP contribution in [0.3, 0.4) is 0 Å². The Labute approximate surface area is 107 Å². The van der Waals surface area contributed by atoms with Gasteiger partial charge in [0.15, 0.2) is 5.16 Å². The minimum Gasteiger partial charge on any atom is -0.391 e. The van der Waals surface area contributed by atoms with Crippen LogP contribution >= 0.6 is 27.7 Å². The Hall–Kier alpha value is -0.330. The van der Waals surface area contributed by atoms with Crippen molar-refractivity contribution in [3.05, 3.63) is 22.1 Å². The molecule has 0 aliphatic rings. The largest absolute Gasteiger partial charge is 0.391 e. The normalized spacial score (nSPS) is 12.7. The molecule has 2 N–H and O–H groups in total. The minimum absolute atomic E-state index is 0.130. The summed E-state index contributed by atoms with van der Waals surface area (Å²) < 4.78 is 0. The van der Waals surface area contributed by atoms with Crippen molar-refractivity contribution in [3.63, 3.8) is 0 Å². The van der Waals surface area contributed by atoms with Gasteiger partial charge < -0.3 is 10.1 Å². The molecule has 1 heterocycles. The van der Waals surface area contributed by atoms with E-state index in [-0.39, 0.29) is 5.56 Å². The van der Waals surface area contributed by atoms with Crippen LogP contribution in [0.1, 0.15) is 19.0 Å². The molecule has 4 nitrogen and oxygen atoms in total. The van der Waals surface area contributed by atoms with Crippen LogP contribution in [-0.2, 0) is 6.42 Å². The fraction of sp³-hybridized carbons (Fsp3) is 0.600. The zero-order valence-corrected chi connectivity index (χ0v) is 11.5. The number of rotatable bonds is 6. The second kappa shape index (κ2) is 7.09. The van der Waals surface area contributed by atoms with Crippen LogP contribution in [0, 0.1) is 0 Å². The first-order valence-corrected chi connectivity index (χ1v) is 7.23. The van der Waals surface area contributed by atoms with Crippen LogP contribution in [-0.4, -0.2) is 32.3 Å². The maximum absolute atomic E-state index is 11.3. The van der Waals surface area contributed by atoms with Crippen molar-refractivity contribution in [2.75, 3.05) is 11.1 Å². The van der Waals surface area contributed by atoms with Crippen molar-refractivity contribution in [1.29, 1.82) is 0 Å². The standard InChI is InChI=1S/C10H15BrN2O2S/c1-2-3-7-4-9(15)13-10(12-7)16-6-8(14)5-11/h4,8,14H,2-3,5-6H2,1H3,(H,12,13,15). The van der Waals surface area contributed by atoms with E-state index >= 15 is 0 Å². The molecule has 1 rings (SSSR count). The van der Waals surface area contributed by atoms with Crippen LogP contribution in [0.2, 0.25) is 0 Å². The number of thioether (sulfide) groups is 1. The van der Waals surface area contributed by atoms with Crippen molar-refractivity contribution >= 4 is 27.7 Å². The summed E-state index contributed by atoms with van der Waals surface area (Å²) in [5.41, 5.74) is 0.677. The molecule has 1 aromatic heterocycles. The number of aliphatic hydroxyl groups is 1. The number of aliphatic hydroxyl groups excluding tert-OH is 1. The molecule has 16 heavy (non-hydrogen) atoms. The monoisotopic (exact) mass is 306 g/mol. The van der Waals surface area contributed by atoms with E-state index in [0.29, 0.717) is 16.2 Å². The molecule has 0 saturated carbocycles. The smallest absolute Gasteiger partial charge is 0.251 e. The summed E-state index contributed by atoms with van der Waals surface area (Å²) in [5, 5.41) is 10.5. The Morgan fingerprint density at radius 3 is 3.06 bits per heavy atom. The van der Waals surface area contributed by atoms with Crippen molar-refractivity contribution in [1.82, 2.24) is 9.97 Å². The highest BCUT2D eigenvalue weighted by atomic mass is 79.9. The molecule has 0 radical (unpaired) electrons. The van der Waals surface area contributed by atoms with Gasteiger partial charge in [-0.1, -0.05) is 41.0 Å². The number of aryl methyl sites for hydroxylation is 1. The second-order valence-electron chi connectivity index (χ2n) is 3.41. The number of hydrogen-bond donors (Lipinski definition) is 2. The predicted octanol–water partition coefficient (Wildman–Crippen LogP) is 1.57. The van der Waals surface area contributed by atoms with Crippen LogP contribution < -0.4 is 5.56 Å². The summed E-state index contributed by atoms with van der Waals surface area (Å²) in [7, 11) is 0. The maximum atomic E-state index is 11.3. The summed E-state index contributed by atoms with van der Waals surface area (Å²) in [6.45, 7) is 2.05. The van der Waals surface area contributed by atoms with E-state index < -0.39 is 6.10 Å². The average molecular weight is 307 g/mol. The molecule has 6 heteroatoms. The summed E-state index contributed by atoms with van der Waals surface area (Å²) in [6, 6.07) is 1.52. The van der Waals surface area contributed by atoms with Crippen molar-refractivity contribution < 1.29 is 5.11 Å². The van der Waals surface area contributed by atoms with E-state index in [0.717, 1.165) is 18.5 Å². The minimum atomic E-state index is -0.426. The zero-order chi connectivity index (χ0) is 12.0. The number of aromatic nitrogens is 2. The molecule has 0 amide bonds. The van der Waals surface area contributed by atoms with E-state index in [4.69, 9.17) is 0 Å². The summed E-state index contributed by atoms with van der Waals surface area (Å²) in [4.78, 5) is 18.3. The van der Waals surface area contributed by atoms with E-state index in [1.807, 2.05) is 6.92 Å². The third-order valence-corrected chi connectivity index (χ3v) is 3.64. The highest BCUT2D eigenvalue weighted by Crippen LogP contribution is 2.13. The lowest BCUT2D eigenvalue weighted by Crippen LogP contribution is -2.14. The lowest BCUT2D eigenvalue weighted by molar-refractivity contribution is 0.226. The van der Waals surface area contributed by atoms with Gasteiger partial charge in [-0.3, -0.25) is 4.79 Å². The van der Waals surface area contributed by atoms with Gasteiger partial charge in [-0.15, -0.1) is 0 Å². The van der Waals surface area contributed by atoms with Gasteiger partial charge in [0.25, 0.3) is 5.56 Å². The fourth-order valence-corrected chi connectivity index (χ4v) is 2.51. The van der Waals surface area contributed by atoms with Gasteiger partial charge in [-0.25, -0.2) is 4.98 Å². The van der Waals surface area contributed by atoms with Crippen LogP contribution in [0.4, 0.5) is 0 Å². The Kier molecular flexibility index (Phi) is 6.08. The van der Waals surface area contributed by atoms with Crippen molar-refractivity contribution in [2.24, 2.45) is 0 Å². The molecule has 1 aromatic rings. The number of nitrogens with zero attached hydrogens (tertiary/aromatic N) is 1. The maximum Gasteiger partial charge on any atom is 0.251 e. The quantitative estimate of drug-likeness (QED) is 0.476. The second-order valence-corrected chi connectivity index (χ2v) is 5.07. The number of aromatic amines is 1. The van der Waals surface area contributed by atoms with Crippen LogP contribution in [0.15, 0.2) is 16.0 Å². The van der Waals surface area contributed by atoms with Crippen LogP contribution in [0.5, 0.6) is 0 Å². The van der Waals surface area contributed by atoms with Crippen molar-refractivity contribution in [3.8, 4) is 0 Å². The summed E-state index contributed by atoms with van der Waals surface area (Å²) in [5.74, 6) is 0.518. The number of nitrogens with one attached hydrogen (secondary N) is 1. The molecule has 0 spiro atoms. The van der Waals surface area contributed by atoms with E-state index in [9.17, 15) is 9.90 Å². The zero-order valence-electron chi connectivity index (χ0n) is 9.07. The summed E-state index contributed by atoms with van der Waals surface area (Å²) >= 11 is 4.55. The first kappa shape index (κ1) is 13.7. The SMILES string of the molecule is CCCc1cc(=O)[nH]c(SCC(O)CBr)n1. The van der Waals surface area contributed by atoms with Gasteiger partial charge >= 0.3 is 0 Å². The third kappa shape index (κ3) is 4.67. The Morgan fingerprint density at radius 2 is 2.44 bits per heavy atom. The molecule has 0 fully saturated rings. The fourth-order valence-electron chi connectivity index (χ4n) is 1.16. The molecular formula is C10H15BrN2O2S. The Balaban J connectivity index is 2.68. The number of alkyl halides is 1. The van der Waals surface area contributed by atoms with Gasteiger partial charge in [0.1, 0.15) is 0 Å². The number of hydrogen-bond acceptors (Lipinski definition) is 4. The lowest BCUT2D eigenvalue weighted by atomic mass is 10.2. The first-order chi connectivity index (χ1) is 7.65. The third-order valence-electron chi connectivity index (χ3n) is 1.87. The predicted molar refractivity (Wildman–Crippen MR) is 69.4 cm³/mol. The molecule has 90 valence electrons. The lowest BCUT2D eigenvalue weighted by Gasteiger charge is -2.06. The highest BCUT2D eigenvalue weighted by molar-refractivity contribution is 9.09. The molecule has 0 aliphatic carbocycles. The molecule has 1 atom stereocenters. The number of halogens is 1. The Bertz CT molecular complexity index is 383. The van der Waals surface area contributed by atoms with Gasteiger partial charge in [0.2, 0.25) is 0 Å². The molecule has 0 saturated heterocycles. The van der Waals surface area contributed by atoms with Gasteiger partial charge in [-0.2, -0.15) is 0 Å². The number of H-pyrrole nitrogens is 1. The molecule has 0 aromatic carbocycles. The molecule has 0 bridgehead atoms.